The molecule has 1 N–H and O–H groups in total. The molecule has 1 aliphatic rings. The summed E-state index contributed by atoms with van der Waals surface area (Å²) in [5.74, 6) is -1.09. The third-order valence-corrected chi connectivity index (χ3v) is 4.12. The number of aromatic nitrogens is 4. The summed E-state index contributed by atoms with van der Waals surface area (Å²) in [6.07, 6.45) is 0.882. The zero-order chi connectivity index (χ0) is 21.3. The predicted octanol–water partition coefficient (Wildman–Crippen LogP) is 2.53. The van der Waals surface area contributed by atoms with E-state index >= 15 is 0 Å². The summed E-state index contributed by atoms with van der Waals surface area (Å²) in [5, 5.41) is 6.10. The minimum atomic E-state index is -4.56. The largest absolute Gasteiger partial charge is 0.435 e. The zero-order valence-electron chi connectivity index (χ0n) is 16.0. The molecule has 29 heavy (non-hydrogen) atoms. The quantitative estimate of drug-likeness (QED) is 0.449. The molecule has 1 saturated carbocycles. The Labute approximate surface area is 164 Å². The second-order valence-electron chi connectivity index (χ2n) is 6.93. The number of ketones is 1. The van der Waals surface area contributed by atoms with Gasteiger partial charge in [-0.3, -0.25) is 9.59 Å². The molecule has 1 fully saturated rings. The number of nitrogens with one attached hydrogen (secondary N) is 1. The molecule has 2 heterocycles. The Morgan fingerprint density at radius 2 is 1.86 bits per heavy atom. The minimum absolute atomic E-state index is 0.00382. The lowest BCUT2D eigenvalue weighted by Gasteiger charge is -2.10. The van der Waals surface area contributed by atoms with Crippen molar-refractivity contribution in [3.63, 3.8) is 0 Å². The normalized spacial score (nSPS) is 14.6. The molecular weight excluding hydrogens is 389 g/mol. The van der Waals surface area contributed by atoms with Crippen LogP contribution in [0.15, 0.2) is 30.2 Å². The van der Waals surface area contributed by atoms with Crippen LogP contribution in [0.5, 0.6) is 0 Å². The Kier molecular flexibility index (Phi) is 5.40. The first-order valence-electron chi connectivity index (χ1n) is 8.76. The van der Waals surface area contributed by atoms with Gasteiger partial charge in [0.1, 0.15) is 0 Å². The lowest BCUT2D eigenvalue weighted by atomic mass is 10.2. The maximum Gasteiger partial charge on any atom is 0.435 e. The van der Waals surface area contributed by atoms with Gasteiger partial charge in [-0.15, -0.1) is 0 Å². The number of hydrogen-bond donors (Lipinski definition) is 1. The Morgan fingerprint density at radius 3 is 2.34 bits per heavy atom. The number of Topliss-reactive ketones (excluding diaryl/α,β-unsaturated/α-hetero) is 1. The third-order valence-electron chi connectivity index (χ3n) is 4.12. The van der Waals surface area contributed by atoms with E-state index in [-0.39, 0.29) is 23.1 Å². The molecular formula is C18H19F3N6O2. The van der Waals surface area contributed by atoms with Crippen molar-refractivity contribution in [1.29, 1.82) is 0 Å². The van der Waals surface area contributed by atoms with Crippen molar-refractivity contribution in [2.24, 2.45) is 0 Å². The molecule has 2 aromatic rings. The monoisotopic (exact) mass is 408 g/mol. The second kappa shape index (κ2) is 7.64. The number of carbonyl (C=O) groups excluding carboxylic acids is 2. The van der Waals surface area contributed by atoms with E-state index in [1.807, 2.05) is 0 Å². The molecule has 0 radical (unpaired) electrons. The molecule has 0 saturated heterocycles. The van der Waals surface area contributed by atoms with Gasteiger partial charge in [-0.1, -0.05) is 0 Å². The van der Waals surface area contributed by atoms with Crippen LogP contribution < -0.4 is 5.32 Å². The van der Waals surface area contributed by atoms with E-state index < -0.39 is 23.6 Å². The highest BCUT2D eigenvalue weighted by Crippen LogP contribution is 2.42. The van der Waals surface area contributed by atoms with Crippen LogP contribution in [0.4, 0.5) is 18.9 Å². The van der Waals surface area contributed by atoms with E-state index in [1.54, 1.807) is 19.0 Å². The number of halogens is 3. The molecule has 1 amide bonds. The first-order chi connectivity index (χ1) is 13.6. The molecule has 1 aliphatic carbocycles. The maximum absolute atomic E-state index is 13.0. The smallest absolute Gasteiger partial charge is 0.383 e. The van der Waals surface area contributed by atoms with Crippen molar-refractivity contribution >= 4 is 17.4 Å². The van der Waals surface area contributed by atoms with Crippen molar-refractivity contribution in [1.82, 2.24) is 24.6 Å². The van der Waals surface area contributed by atoms with Gasteiger partial charge in [-0.2, -0.15) is 18.3 Å². The van der Waals surface area contributed by atoms with Crippen LogP contribution in [-0.4, -0.2) is 50.4 Å². The number of nitrogens with zero attached hydrogens (tertiary/aromatic N) is 5. The summed E-state index contributed by atoms with van der Waals surface area (Å²) in [7, 11) is 3.34. The van der Waals surface area contributed by atoms with Crippen molar-refractivity contribution in [2.75, 3.05) is 19.4 Å². The van der Waals surface area contributed by atoms with Gasteiger partial charge in [0.25, 0.3) is 11.9 Å². The van der Waals surface area contributed by atoms with Gasteiger partial charge >= 0.3 is 6.18 Å². The molecule has 0 atom stereocenters. The van der Waals surface area contributed by atoms with Gasteiger partial charge in [0.15, 0.2) is 11.5 Å². The average Bonchev–Trinajstić information content (AvgIpc) is 3.37. The fourth-order valence-electron chi connectivity index (χ4n) is 2.63. The zero-order valence-corrected chi connectivity index (χ0v) is 16.0. The number of amides is 1. The summed E-state index contributed by atoms with van der Waals surface area (Å²) in [6, 6.07) is 1.02. The Hall–Kier alpha value is -3.24. The molecule has 3 rings (SSSR count). The van der Waals surface area contributed by atoms with Crippen LogP contribution in [0.3, 0.4) is 0 Å². The highest BCUT2D eigenvalue weighted by molar-refractivity contribution is 6.22. The molecule has 2 aromatic heterocycles. The van der Waals surface area contributed by atoms with E-state index in [0.29, 0.717) is 5.69 Å². The summed E-state index contributed by atoms with van der Waals surface area (Å²) < 4.78 is 40.1. The molecule has 8 nitrogen and oxygen atoms in total. The standard InChI is InChI=1S/C18H19F3N6O2/c1-10(28)13(9-26(2)3)16(29)24-12-7-22-17(23-8-12)27-14(11-4-5-11)6-15(25-27)18(19,20)21/h6-9,11H,4-5H2,1-3H3,(H,24,29)/b13-9+. The van der Waals surface area contributed by atoms with Crippen LogP contribution in [0.25, 0.3) is 5.95 Å². The summed E-state index contributed by atoms with van der Waals surface area (Å²) in [5.41, 5.74) is -0.458. The maximum atomic E-state index is 13.0. The van der Waals surface area contributed by atoms with Crippen molar-refractivity contribution in [2.45, 2.75) is 31.9 Å². The van der Waals surface area contributed by atoms with Crippen LogP contribution in [0.1, 0.15) is 37.1 Å². The number of carbonyl (C=O) groups is 2. The molecule has 11 heteroatoms. The van der Waals surface area contributed by atoms with Crippen LogP contribution in [0, 0.1) is 0 Å². The van der Waals surface area contributed by atoms with Gasteiger partial charge in [0.05, 0.1) is 29.3 Å². The van der Waals surface area contributed by atoms with Gasteiger partial charge in [-0.25, -0.2) is 14.6 Å². The van der Waals surface area contributed by atoms with E-state index in [9.17, 15) is 22.8 Å². The van der Waals surface area contributed by atoms with Crippen LogP contribution in [-0.2, 0) is 15.8 Å². The SMILES string of the molecule is CC(=O)/C(=C\N(C)C)C(=O)Nc1cnc(-n2nc(C(F)(F)F)cc2C2CC2)nc1. The van der Waals surface area contributed by atoms with E-state index in [1.165, 1.54) is 25.5 Å². The number of alkyl halides is 3. The first-order valence-corrected chi connectivity index (χ1v) is 8.76. The van der Waals surface area contributed by atoms with Gasteiger partial charge in [0, 0.05) is 26.2 Å². The minimum Gasteiger partial charge on any atom is -0.383 e. The number of rotatable bonds is 6. The second-order valence-corrected chi connectivity index (χ2v) is 6.93. The molecule has 0 aliphatic heterocycles. The predicted molar refractivity (Wildman–Crippen MR) is 97.2 cm³/mol. The summed E-state index contributed by atoms with van der Waals surface area (Å²) >= 11 is 0. The lowest BCUT2D eigenvalue weighted by Crippen LogP contribution is -2.21. The van der Waals surface area contributed by atoms with E-state index in [0.717, 1.165) is 23.6 Å². The highest BCUT2D eigenvalue weighted by atomic mass is 19.4. The van der Waals surface area contributed by atoms with E-state index in [4.69, 9.17) is 0 Å². The fourth-order valence-corrected chi connectivity index (χ4v) is 2.63. The van der Waals surface area contributed by atoms with Crippen molar-refractivity contribution < 1.29 is 22.8 Å². The average molecular weight is 408 g/mol. The highest BCUT2D eigenvalue weighted by Gasteiger charge is 2.38. The topological polar surface area (TPSA) is 93.0 Å². The van der Waals surface area contributed by atoms with Crippen molar-refractivity contribution in [3.8, 4) is 5.95 Å². The van der Waals surface area contributed by atoms with Crippen LogP contribution in [0.2, 0.25) is 0 Å². The third kappa shape index (κ3) is 4.79. The molecule has 0 bridgehead atoms. The molecule has 0 spiro atoms. The molecule has 154 valence electrons. The van der Waals surface area contributed by atoms with Gasteiger partial charge < -0.3 is 10.2 Å². The molecule has 0 aromatic carbocycles. The Balaban J connectivity index is 1.83. The van der Waals surface area contributed by atoms with Crippen molar-refractivity contribution in [3.05, 3.63) is 41.6 Å². The van der Waals surface area contributed by atoms with E-state index in [2.05, 4.69) is 20.4 Å². The first kappa shape index (κ1) is 20.5. The number of anilines is 1. The Morgan fingerprint density at radius 1 is 1.24 bits per heavy atom. The summed E-state index contributed by atoms with van der Waals surface area (Å²) in [4.78, 5) is 33.5. The summed E-state index contributed by atoms with van der Waals surface area (Å²) in [6.45, 7) is 1.27. The van der Waals surface area contributed by atoms with Crippen LogP contribution >= 0.6 is 0 Å². The molecule has 0 unspecified atom stereocenters. The van der Waals surface area contributed by atoms with Gasteiger partial charge in [-0.05, 0) is 25.8 Å². The number of hydrogen-bond acceptors (Lipinski definition) is 6. The Bertz CT molecular complexity index is 959. The fraction of sp³-hybridized carbons (Fsp3) is 0.389. The lowest BCUT2D eigenvalue weighted by molar-refractivity contribution is -0.141. The van der Waals surface area contributed by atoms with Gasteiger partial charge in [0.2, 0.25) is 0 Å².